The van der Waals surface area contributed by atoms with Gasteiger partial charge in [0.05, 0.1) is 33.4 Å². The fraction of sp³-hybridized carbons (Fsp3) is 0.357. The lowest BCUT2D eigenvalue weighted by atomic mass is 10.1. The molecule has 3 aromatic rings. The van der Waals surface area contributed by atoms with Crippen molar-refractivity contribution in [2.24, 2.45) is 0 Å². The molecule has 0 spiro atoms. The molecule has 0 aliphatic heterocycles. The van der Waals surface area contributed by atoms with E-state index < -0.39 is 0 Å². The Balaban J connectivity index is 1.48. The Bertz CT molecular complexity index is 1280. The van der Waals surface area contributed by atoms with E-state index in [4.69, 9.17) is 14.2 Å². The van der Waals surface area contributed by atoms with Gasteiger partial charge in [0.2, 0.25) is 11.8 Å². The largest absolute Gasteiger partial charge is 0.497 e. The number of hydrogen-bond acceptors (Lipinski definition) is 8. The first kappa shape index (κ1) is 29.4. The third-order valence-electron chi connectivity index (χ3n) is 5.86. The van der Waals surface area contributed by atoms with Gasteiger partial charge in [-0.15, -0.1) is 11.3 Å². The Morgan fingerprint density at radius 3 is 2.31 bits per heavy atom. The van der Waals surface area contributed by atoms with Gasteiger partial charge in [0, 0.05) is 23.5 Å². The van der Waals surface area contributed by atoms with E-state index in [1.807, 2.05) is 32.0 Å². The molecule has 0 fully saturated rings. The number of ether oxygens (including phenoxy) is 3. The lowest BCUT2D eigenvalue weighted by Gasteiger charge is -2.26. The number of hydrogen-bond donors (Lipinski definition) is 2. The standard InChI is InChI=1S/C28H34N4O6S/c1-18(2)32(27(35)20-7-9-22(36-3)10-8-20)16-26(34)31-28-30-21(17-39-28)15-25(33)29-13-12-19-6-11-23(37-4)24(14-19)38-5/h6-11,14,17-18H,12-13,15-16H2,1-5H3,(H,29,33)(H,30,31,34). The van der Waals surface area contributed by atoms with E-state index in [2.05, 4.69) is 15.6 Å². The van der Waals surface area contributed by atoms with Crippen molar-refractivity contribution in [2.45, 2.75) is 32.7 Å². The van der Waals surface area contributed by atoms with Gasteiger partial charge in [-0.3, -0.25) is 14.4 Å². The average molecular weight is 555 g/mol. The summed E-state index contributed by atoms with van der Waals surface area (Å²) < 4.78 is 15.7. The number of amides is 3. The van der Waals surface area contributed by atoms with Crippen LogP contribution in [0.3, 0.4) is 0 Å². The van der Waals surface area contributed by atoms with E-state index >= 15 is 0 Å². The van der Waals surface area contributed by atoms with E-state index in [9.17, 15) is 14.4 Å². The molecule has 39 heavy (non-hydrogen) atoms. The fourth-order valence-electron chi connectivity index (χ4n) is 3.76. The zero-order valence-electron chi connectivity index (χ0n) is 22.8. The highest BCUT2D eigenvalue weighted by Gasteiger charge is 2.22. The minimum atomic E-state index is -0.370. The highest BCUT2D eigenvalue weighted by Crippen LogP contribution is 2.27. The molecule has 1 aromatic heterocycles. The lowest BCUT2D eigenvalue weighted by molar-refractivity contribution is -0.120. The zero-order chi connectivity index (χ0) is 28.4. The molecular weight excluding hydrogens is 520 g/mol. The molecule has 0 atom stereocenters. The average Bonchev–Trinajstić information content (AvgIpc) is 3.37. The van der Waals surface area contributed by atoms with Crippen LogP contribution < -0.4 is 24.8 Å². The first-order valence-electron chi connectivity index (χ1n) is 12.4. The van der Waals surface area contributed by atoms with Gasteiger partial charge in [-0.25, -0.2) is 4.98 Å². The van der Waals surface area contributed by atoms with Crippen LogP contribution in [-0.2, 0) is 22.4 Å². The second-order valence-corrected chi connectivity index (χ2v) is 9.77. The minimum Gasteiger partial charge on any atom is -0.497 e. The first-order chi connectivity index (χ1) is 18.7. The summed E-state index contributed by atoms with van der Waals surface area (Å²) >= 11 is 1.23. The quantitative estimate of drug-likeness (QED) is 0.332. The molecule has 0 saturated heterocycles. The summed E-state index contributed by atoms with van der Waals surface area (Å²) in [5.74, 6) is 1.14. The van der Waals surface area contributed by atoms with Crippen LogP contribution in [0, 0.1) is 0 Å². The molecule has 0 radical (unpaired) electrons. The number of thiazole rings is 1. The van der Waals surface area contributed by atoms with E-state index in [0.29, 0.717) is 46.6 Å². The third-order valence-corrected chi connectivity index (χ3v) is 6.67. The number of carbonyl (C=O) groups excluding carboxylic acids is 3. The van der Waals surface area contributed by atoms with E-state index in [-0.39, 0.29) is 36.7 Å². The van der Waals surface area contributed by atoms with Crippen LogP contribution in [0.15, 0.2) is 47.8 Å². The van der Waals surface area contributed by atoms with Crippen LogP contribution in [0.25, 0.3) is 0 Å². The Kier molecular flexibility index (Phi) is 10.7. The normalized spacial score (nSPS) is 10.6. The summed E-state index contributed by atoms with van der Waals surface area (Å²) in [6.07, 6.45) is 0.721. The first-order valence-corrected chi connectivity index (χ1v) is 13.3. The molecule has 2 N–H and O–H groups in total. The molecular formula is C28H34N4O6S. The van der Waals surface area contributed by atoms with Gasteiger partial charge in [0.25, 0.3) is 5.91 Å². The van der Waals surface area contributed by atoms with Crippen molar-refractivity contribution >= 4 is 34.2 Å². The Labute approximate surface area is 232 Å². The number of nitrogens with one attached hydrogen (secondary N) is 2. The molecule has 2 aromatic carbocycles. The van der Waals surface area contributed by atoms with Crippen LogP contribution in [0.1, 0.15) is 35.5 Å². The number of rotatable bonds is 13. The predicted molar refractivity (Wildman–Crippen MR) is 150 cm³/mol. The highest BCUT2D eigenvalue weighted by molar-refractivity contribution is 7.13. The second-order valence-electron chi connectivity index (χ2n) is 8.91. The van der Waals surface area contributed by atoms with Crippen LogP contribution in [0.4, 0.5) is 5.13 Å². The number of nitrogens with zero attached hydrogens (tertiary/aromatic N) is 2. The van der Waals surface area contributed by atoms with Crippen molar-refractivity contribution < 1.29 is 28.6 Å². The minimum absolute atomic E-state index is 0.0897. The molecule has 3 rings (SSSR count). The molecule has 0 saturated carbocycles. The topological polar surface area (TPSA) is 119 Å². The van der Waals surface area contributed by atoms with Crippen molar-refractivity contribution in [1.29, 1.82) is 0 Å². The van der Waals surface area contributed by atoms with Crippen LogP contribution >= 0.6 is 11.3 Å². The lowest BCUT2D eigenvalue weighted by Crippen LogP contribution is -2.42. The highest BCUT2D eigenvalue weighted by atomic mass is 32.1. The second kappa shape index (κ2) is 14.1. The van der Waals surface area contributed by atoms with Gasteiger partial charge in [-0.05, 0) is 62.2 Å². The van der Waals surface area contributed by atoms with E-state index in [1.165, 1.54) is 16.2 Å². The molecule has 3 amide bonds. The maximum absolute atomic E-state index is 13.0. The molecule has 0 unspecified atom stereocenters. The number of aromatic nitrogens is 1. The summed E-state index contributed by atoms with van der Waals surface area (Å²) in [7, 11) is 4.72. The van der Waals surface area contributed by atoms with Gasteiger partial charge in [-0.1, -0.05) is 6.07 Å². The van der Waals surface area contributed by atoms with Crippen molar-refractivity contribution in [3.05, 3.63) is 64.7 Å². The molecule has 10 nitrogen and oxygen atoms in total. The molecule has 0 aliphatic carbocycles. The summed E-state index contributed by atoms with van der Waals surface area (Å²) in [5, 5.41) is 7.71. The van der Waals surface area contributed by atoms with Crippen molar-refractivity contribution in [1.82, 2.24) is 15.2 Å². The maximum Gasteiger partial charge on any atom is 0.254 e. The summed E-state index contributed by atoms with van der Waals surface area (Å²) in [6.45, 7) is 4.02. The van der Waals surface area contributed by atoms with Gasteiger partial charge in [0.15, 0.2) is 16.6 Å². The Morgan fingerprint density at radius 1 is 0.949 bits per heavy atom. The number of anilines is 1. The molecule has 11 heteroatoms. The zero-order valence-corrected chi connectivity index (χ0v) is 23.6. The number of carbonyl (C=O) groups is 3. The summed E-state index contributed by atoms with van der Waals surface area (Å²) in [6, 6.07) is 12.2. The molecule has 1 heterocycles. The molecule has 208 valence electrons. The summed E-state index contributed by atoms with van der Waals surface area (Å²) in [4.78, 5) is 43.9. The van der Waals surface area contributed by atoms with Crippen LogP contribution in [0.5, 0.6) is 17.2 Å². The molecule has 0 bridgehead atoms. The SMILES string of the molecule is COc1ccc(C(=O)N(CC(=O)Nc2nc(CC(=O)NCCc3ccc(OC)c(OC)c3)cs2)C(C)C)cc1. The third kappa shape index (κ3) is 8.44. The van der Waals surface area contributed by atoms with Crippen molar-refractivity contribution in [2.75, 3.05) is 39.7 Å². The smallest absolute Gasteiger partial charge is 0.254 e. The van der Waals surface area contributed by atoms with Gasteiger partial charge in [-0.2, -0.15) is 0 Å². The maximum atomic E-state index is 13.0. The van der Waals surface area contributed by atoms with Gasteiger partial charge >= 0.3 is 0 Å². The van der Waals surface area contributed by atoms with Gasteiger partial charge in [0.1, 0.15) is 12.3 Å². The van der Waals surface area contributed by atoms with Crippen molar-refractivity contribution in [3.8, 4) is 17.2 Å². The van der Waals surface area contributed by atoms with Crippen molar-refractivity contribution in [3.63, 3.8) is 0 Å². The number of benzene rings is 2. The monoisotopic (exact) mass is 554 g/mol. The van der Waals surface area contributed by atoms with E-state index in [1.54, 1.807) is 51.0 Å². The summed E-state index contributed by atoms with van der Waals surface area (Å²) in [5.41, 5.74) is 2.02. The van der Waals surface area contributed by atoms with Crippen LogP contribution in [0.2, 0.25) is 0 Å². The molecule has 0 aliphatic rings. The Hall–Kier alpha value is -4.12. The predicted octanol–water partition coefficient (Wildman–Crippen LogP) is 3.56. The van der Waals surface area contributed by atoms with Crippen LogP contribution in [-0.4, -0.2) is 68.1 Å². The number of methoxy groups -OCH3 is 3. The Morgan fingerprint density at radius 2 is 1.67 bits per heavy atom. The van der Waals surface area contributed by atoms with E-state index in [0.717, 1.165) is 5.56 Å². The fourth-order valence-corrected chi connectivity index (χ4v) is 4.48. The van der Waals surface area contributed by atoms with Gasteiger partial charge < -0.3 is 29.7 Å².